The number of alkyl halides is 6. The van der Waals surface area contributed by atoms with Crippen LogP contribution in [0.15, 0.2) is 41.6 Å². The van der Waals surface area contributed by atoms with E-state index in [-0.39, 0.29) is 5.56 Å². The molecule has 0 fully saturated rings. The lowest BCUT2D eigenvalue weighted by molar-refractivity contribution is -0.141. The van der Waals surface area contributed by atoms with Gasteiger partial charge in [0.15, 0.2) is 5.69 Å². The maximum Gasteiger partial charge on any atom is 0.435 e. The molecule has 0 radical (unpaired) electrons. The Morgan fingerprint density at radius 2 is 1.88 bits per heavy atom. The lowest BCUT2D eigenvalue weighted by Gasteiger charge is -2.06. The molecule has 0 aliphatic rings. The van der Waals surface area contributed by atoms with Crippen LogP contribution in [0.25, 0.3) is 0 Å². The van der Waals surface area contributed by atoms with Crippen LogP contribution < -0.4 is 5.43 Å². The number of benzene rings is 1. The lowest BCUT2D eigenvalue weighted by atomic mass is 10.1. The van der Waals surface area contributed by atoms with E-state index in [0.29, 0.717) is 6.07 Å². The van der Waals surface area contributed by atoms with Crippen LogP contribution >= 0.6 is 0 Å². The van der Waals surface area contributed by atoms with E-state index in [9.17, 15) is 31.1 Å². The van der Waals surface area contributed by atoms with Gasteiger partial charge in [-0.25, -0.2) is 5.43 Å². The minimum absolute atomic E-state index is 0.0913. The normalized spacial score (nSPS) is 12.6. The second-order valence-electron chi connectivity index (χ2n) is 4.81. The number of hydrazone groups is 1. The Kier molecular flexibility index (Phi) is 5.14. The number of halogens is 6. The molecule has 2 aromatic rings. The molecule has 11 heteroatoms. The van der Waals surface area contributed by atoms with Crippen LogP contribution in [0.3, 0.4) is 0 Å². The predicted octanol–water partition coefficient (Wildman–Crippen LogP) is 3.07. The first-order chi connectivity index (χ1) is 11.6. The third kappa shape index (κ3) is 5.33. The summed E-state index contributed by atoms with van der Waals surface area (Å²) in [4.78, 5) is 11.5. The van der Waals surface area contributed by atoms with Gasteiger partial charge in [0.05, 0.1) is 11.8 Å². The second-order valence-corrected chi connectivity index (χ2v) is 4.81. The van der Waals surface area contributed by atoms with Gasteiger partial charge in [0.1, 0.15) is 6.54 Å². The van der Waals surface area contributed by atoms with Gasteiger partial charge in [0, 0.05) is 6.20 Å². The van der Waals surface area contributed by atoms with Crippen molar-refractivity contribution in [2.24, 2.45) is 5.10 Å². The first kappa shape index (κ1) is 18.5. The van der Waals surface area contributed by atoms with Crippen molar-refractivity contribution < 1.29 is 31.1 Å². The number of aromatic nitrogens is 2. The molecule has 1 aromatic heterocycles. The molecule has 1 amide bonds. The summed E-state index contributed by atoms with van der Waals surface area (Å²) in [5, 5.41) is 6.64. The van der Waals surface area contributed by atoms with Crippen LogP contribution in [0.5, 0.6) is 0 Å². The molecule has 5 nitrogen and oxygen atoms in total. The van der Waals surface area contributed by atoms with Crippen LogP contribution in [0.2, 0.25) is 0 Å². The zero-order chi connectivity index (χ0) is 18.7. The molecule has 0 aliphatic heterocycles. The zero-order valence-electron chi connectivity index (χ0n) is 12.3. The van der Waals surface area contributed by atoms with Crippen molar-refractivity contribution in [3.05, 3.63) is 53.3 Å². The van der Waals surface area contributed by atoms with E-state index < -0.39 is 36.1 Å². The van der Waals surface area contributed by atoms with Crippen LogP contribution in [0.1, 0.15) is 16.8 Å². The number of nitrogens with zero attached hydrogens (tertiary/aromatic N) is 3. The molecule has 0 unspecified atom stereocenters. The van der Waals surface area contributed by atoms with Gasteiger partial charge in [0.2, 0.25) is 0 Å². The fraction of sp³-hybridized carbons (Fsp3) is 0.214. The van der Waals surface area contributed by atoms with E-state index in [1.807, 2.05) is 5.43 Å². The Labute approximate surface area is 136 Å². The molecule has 0 saturated carbocycles. The highest BCUT2D eigenvalue weighted by molar-refractivity contribution is 5.82. The average molecular weight is 364 g/mol. The molecule has 1 aromatic carbocycles. The van der Waals surface area contributed by atoms with E-state index in [1.54, 1.807) is 0 Å². The molecule has 0 bridgehead atoms. The molecule has 1 heterocycles. The molecular weight excluding hydrogens is 354 g/mol. The molecule has 25 heavy (non-hydrogen) atoms. The molecule has 0 aliphatic carbocycles. The Morgan fingerprint density at radius 3 is 2.48 bits per heavy atom. The maximum absolute atomic E-state index is 12.5. The molecular formula is C14H10F6N4O. The van der Waals surface area contributed by atoms with Gasteiger partial charge in [-0.2, -0.15) is 36.5 Å². The number of nitrogens with one attached hydrogen (secondary N) is 1. The molecule has 134 valence electrons. The minimum Gasteiger partial charge on any atom is -0.271 e. The van der Waals surface area contributed by atoms with E-state index in [2.05, 4.69) is 10.2 Å². The van der Waals surface area contributed by atoms with E-state index in [0.717, 1.165) is 29.2 Å². The standard InChI is InChI=1S/C14H10F6N4O/c15-13(16,17)10-3-1-2-9(6-10)7-21-22-12(25)8-24-5-4-11(23-24)14(18,19)20/h1-7H,8H2,(H,22,25)/b21-7-. The summed E-state index contributed by atoms with van der Waals surface area (Å²) < 4.78 is 75.5. The van der Waals surface area contributed by atoms with Crippen molar-refractivity contribution in [2.45, 2.75) is 18.9 Å². The fourth-order valence-corrected chi connectivity index (χ4v) is 1.76. The van der Waals surface area contributed by atoms with Crippen LogP contribution in [-0.2, 0) is 23.7 Å². The molecule has 0 atom stereocenters. The number of hydrogen-bond donors (Lipinski definition) is 1. The highest BCUT2D eigenvalue weighted by Gasteiger charge is 2.33. The summed E-state index contributed by atoms with van der Waals surface area (Å²) in [6.07, 6.45) is -7.18. The fourth-order valence-electron chi connectivity index (χ4n) is 1.76. The van der Waals surface area contributed by atoms with Crippen molar-refractivity contribution in [3.8, 4) is 0 Å². The maximum atomic E-state index is 12.5. The first-order valence-electron chi connectivity index (χ1n) is 6.65. The number of amides is 1. The Balaban J connectivity index is 1.94. The Bertz CT molecular complexity index is 778. The van der Waals surface area contributed by atoms with Gasteiger partial charge in [-0.05, 0) is 23.8 Å². The molecule has 1 N–H and O–H groups in total. The summed E-state index contributed by atoms with van der Waals surface area (Å²) in [6, 6.07) is 4.94. The highest BCUT2D eigenvalue weighted by atomic mass is 19.4. The van der Waals surface area contributed by atoms with Gasteiger partial charge in [-0.3, -0.25) is 9.48 Å². The lowest BCUT2D eigenvalue weighted by Crippen LogP contribution is -2.23. The van der Waals surface area contributed by atoms with Gasteiger partial charge in [-0.15, -0.1) is 0 Å². The molecule has 2 rings (SSSR count). The van der Waals surface area contributed by atoms with Crippen molar-refractivity contribution >= 4 is 12.1 Å². The quantitative estimate of drug-likeness (QED) is 0.515. The summed E-state index contributed by atoms with van der Waals surface area (Å²) in [5.74, 6) is -0.792. The van der Waals surface area contributed by atoms with Crippen LogP contribution in [0.4, 0.5) is 26.3 Å². The average Bonchev–Trinajstić information content (AvgIpc) is 2.95. The Hall–Kier alpha value is -2.85. The second kappa shape index (κ2) is 6.95. The highest BCUT2D eigenvalue weighted by Crippen LogP contribution is 2.29. The van der Waals surface area contributed by atoms with Crippen molar-refractivity contribution in [3.63, 3.8) is 0 Å². The topological polar surface area (TPSA) is 59.3 Å². The van der Waals surface area contributed by atoms with E-state index >= 15 is 0 Å². The van der Waals surface area contributed by atoms with Crippen molar-refractivity contribution in [1.29, 1.82) is 0 Å². The number of carbonyl (C=O) groups excluding carboxylic acids is 1. The summed E-state index contributed by atoms with van der Waals surface area (Å²) in [5.41, 5.74) is 0.0628. The van der Waals surface area contributed by atoms with Gasteiger partial charge < -0.3 is 0 Å². The van der Waals surface area contributed by atoms with Gasteiger partial charge in [0.25, 0.3) is 5.91 Å². The van der Waals surface area contributed by atoms with Crippen molar-refractivity contribution in [2.75, 3.05) is 0 Å². The van der Waals surface area contributed by atoms with Gasteiger partial charge in [-0.1, -0.05) is 12.1 Å². The monoisotopic (exact) mass is 364 g/mol. The number of hydrogen-bond acceptors (Lipinski definition) is 3. The van der Waals surface area contributed by atoms with Crippen LogP contribution in [0, 0.1) is 0 Å². The van der Waals surface area contributed by atoms with E-state index in [4.69, 9.17) is 0 Å². The van der Waals surface area contributed by atoms with Crippen LogP contribution in [-0.4, -0.2) is 21.9 Å². The summed E-state index contributed by atoms with van der Waals surface area (Å²) in [7, 11) is 0. The first-order valence-corrected chi connectivity index (χ1v) is 6.65. The molecule has 0 saturated heterocycles. The number of carbonyl (C=O) groups is 1. The number of rotatable bonds is 4. The SMILES string of the molecule is O=C(Cn1ccc(C(F)(F)F)n1)N/N=C\c1cccc(C(F)(F)F)c1. The third-order valence-corrected chi connectivity index (χ3v) is 2.85. The summed E-state index contributed by atoms with van der Waals surface area (Å²) in [6.45, 7) is -0.532. The van der Waals surface area contributed by atoms with Gasteiger partial charge >= 0.3 is 12.4 Å². The predicted molar refractivity (Wildman–Crippen MR) is 74.4 cm³/mol. The smallest absolute Gasteiger partial charge is 0.271 e. The van der Waals surface area contributed by atoms with Crippen molar-refractivity contribution in [1.82, 2.24) is 15.2 Å². The largest absolute Gasteiger partial charge is 0.435 e. The minimum atomic E-state index is -4.62. The summed E-state index contributed by atoms with van der Waals surface area (Å²) >= 11 is 0. The van der Waals surface area contributed by atoms with E-state index in [1.165, 1.54) is 12.1 Å². The zero-order valence-corrected chi connectivity index (χ0v) is 12.3. The Morgan fingerprint density at radius 1 is 1.16 bits per heavy atom. The molecule has 0 spiro atoms. The third-order valence-electron chi connectivity index (χ3n) is 2.85.